The van der Waals surface area contributed by atoms with E-state index in [2.05, 4.69) is 15.3 Å². The van der Waals surface area contributed by atoms with Crippen LogP contribution in [0.5, 0.6) is 5.75 Å². The fourth-order valence-corrected chi connectivity index (χ4v) is 2.98. The van der Waals surface area contributed by atoms with Crippen molar-refractivity contribution in [1.82, 2.24) is 19.8 Å². The molecule has 112 valence electrons. The van der Waals surface area contributed by atoms with Crippen LogP contribution in [0.2, 0.25) is 0 Å². The Kier molecular flexibility index (Phi) is 3.92. The number of aromatic hydroxyl groups is 1. The Morgan fingerprint density at radius 2 is 1.95 bits per heavy atom. The molecule has 0 aliphatic carbocycles. The molecule has 1 saturated heterocycles. The fourth-order valence-electron chi connectivity index (χ4n) is 1.93. The van der Waals surface area contributed by atoms with E-state index in [-0.39, 0.29) is 11.7 Å². The topological polar surface area (TPSA) is 83.6 Å². The molecule has 0 unspecified atom stereocenters. The molecule has 0 bridgehead atoms. The van der Waals surface area contributed by atoms with Crippen LogP contribution in [-0.4, -0.2) is 42.5 Å². The van der Waals surface area contributed by atoms with Crippen molar-refractivity contribution >= 4 is 28.9 Å². The predicted molar refractivity (Wildman–Crippen MR) is 83.9 cm³/mol. The lowest BCUT2D eigenvalue weighted by Gasteiger charge is -2.11. The Morgan fingerprint density at radius 3 is 2.59 bits per heavy atom. The first-order valence-corrected chi connectivity index (χ1v) is 7.43. The van der Waals surface area contributed by atoms with Crippen LogP contribution in [0.4, 0.5) is 0 Å². The zero-order chi connectivity index (χ0) is 15.5. The zero-order valence-electron chi connectivity index (χ0n) is 11.7. The molecule has 1 aliphatic heterocycles. The van der Waals surface area contributed by atoms with E-state index in [0.29, 0.717) is 16.6 Å². The smallest absolute Gasteiger partial charge is 0.266 e. The van der Waals surface area contributed by atoms with Crippen molar-refractivity contribution in [2.75, 3.05) is 6.54 Å². The third kappa shape index (κ3) is 2.86. The van der Waals surface area contributed by atoms with Crippen LogP contribution in [0.1, 0.15) is 12.5 Å². The van der Waals surface area contributed by atoms with Gasteiger partial charge in [-0.3, -0.25) is 9.69 Å². The summed E-state index contributed by atoms with van der Waals surface area (Å²) < 4.78 is 1.46. The second kappa shape index (κ2) is 6.02. The number of amides is 1. The fraction of sp³-hybridized carbons (Fsp3) is 0.143. The number of carbonyl (C=O) groups excluding carboxylic acids is 1. The van der Waals surface area contributed by atoms with Gasteiger partial charge in [-0.25, -0.2) is 4.68 Å². The van der Waals surface area contributed by atoms with Gasteiger partial charge in [0.2, 0.25) is 0 Å². The van der Waals surface area contributed by atoms with E-state index in [4.69, 9.17) is 0 Å². The van der Waals surface area contributed by atoms with Gasteiger partial charge in [0, 0.05) is 6.54 Å². The Morgan fingerprint density at radius 1 is 1.27 bits per heavy atom. The van der Waals surface area contributed by atoms with Crippen LogP contribution in [0.25, 0.3) is 6.08 Å². The first-order valence-electron chi connectivity index (χ1n) is 6.61. The van der Waals surface area contributed by atoms with Gasteiger partial charge in [-0.2, -0.15) is 0 Å². The molecule has 3 rings (SSSR count). The van der Waals surface area contributed by atoms with Gasteiger partial charge < -0.3 is 5.11 Å². The molecule has 0 radical (unpaired) electrons. The molecule has 2 heterocycles. The molecule has 8 heteroatoms. The van der Waals surface area contributed by atoms with E-state index in [1.54, 1.807) is 35.2 Å². The molecular formula is C14H13N5O2S. The number of benzene rings is 1. The maximum Gasteiger partial charge on any atom is 0.266 e. The number of amidine groups is 1. The van der Waals surface area contributed by atoms with Crippen LogP contribution in [0, 0.1) is 0 Å². The largest absolute Gasteiger partial charge is 0.508 e. The summed E-state index contributed by atoms with van der Waals surface area (Å²) in [7, 11) is 0. The average Bonchev–Trinajstić information content (AvgIpc) is 3.11. The number of likely N-dealkylation sites (N-methyl/N-ethyl adjacent to an activating group) is 1. The molecular weight excluding hydrogens is 302 g/mol. The van der Waals surface area contributed by atoms with Crippen LogP contribution in [-0.2, 0) is 4.79 Å². The molecule has 1 aromatic carbocycles. The van der Waals surface area contributed by atoms with Crippen LogP contribution in [0.15, 0.2) is 46.9 Å². The highest BCUT2D eigenvalue weighted by Crippen LogP contribution is 2.32. The molecule has 0 atom stereocenters. The van der Waals surface area contributed by atoms with Gasteiger partial charge in [-0.05, 0) is 42.5 Å². The highest BCUT2D eigenvalue weighted by Gasteiger charge is 2.32. The van der Waals surface area contributed by atoms with E-state index in [0.717, 1.165) is 5.56 Å². The molecule has 1 amide bonds. The van der Waals surface area contributed by atoms with Gasteiger partial charge in [0.1, 0.15) is 18.4 Å². The summed E-state index contributed by atoms with van der Waals surface area (Å²) in [5.41, 5.74) is 0.843. The van der Waals surface area contributed by atoms with Crippen molar-refractivity contribution in [3.8, 4) is 5.75 Å². The van der Waals surface area contributed by atoms with Crippen molar-refractivity contribution in [2.45, 2.75) is 6.92 Å². The lowest BCUT2D eigenvalue weighted by molar-refractivity contribution is -0.122. The number of hydrogen-bond donors (Lipinski definition) is 1. The molecule has 22 heavy (non-hydrogen) atoms. The summed E-state index contributed by atoms with van der Waals surface area (Å²) in [6, 6.07) is 6.67. The molecule has 7 nitrogen and oxygen atoms in total. The van der Waals surface area contributed by atoms with Crippen molar-refractivity contribution in [2.24, 2.45) is 5.10 Å². The number of nitrogens with zero attached hydrogens (tertiary/aromatic N) is 5. The van der Waals surface area contributed by atoms with Gasteiger partial charge in [0.25, 0.3) is 5.91 Å². The summed E-state index contributed by atoms with van der Waals surface area (Å²) in [6.07, 6.45) is 4.71. The second-order valence-corrected chi connectivity index (χ2v) is 5.49. The minimum atomic E-state index is -0.0904. The quantitative estimate of drug-likeness (QED) is 0.872. The molecule has 2 aromatic rings. The number of phenolic OH excluding ortho intramolecular Hbond substituents is 1. The van der Waals surface area contributed by atoms with Gasteiger partial charge in [-0.15, -0.1) is 15.3 Å². The minimum Gasteiger partial charge on any atom is -0.508 e. The van der Waals surface area contributed by atoms with Crippen molar-refractivity contribution < 1.29 is 9.90 Å². The normalized spacial score (nSPS) is 18.6. The zero-order valence-corrected chi connectivity index (χ0v) is 12.6. The third-order valence-electron chi connectivity index (χ3n) is 3.00. The Balaban J connectivity index is 1.91. The SMILES string of the molecule is CCN1C(=O)C(=Cc2ccc(O)cc2)SC1=Nn1cnnc1. The van der Waals surface area contributed by atoms with Crippen LogP contribution < -0.4 is 0 Å². The summed E-state index contributed by atoms with van der Waals surface area (Å²) in [5, 5.41) is 21.6. The molecule has 0 spiro atoms. The van der Waals surface area contributed by atoms with Gasteiger partial charge in [0.05, 0.1) is 4.91 Å². The standard InChI is InChI=1S/C14H13N5O2S/c1-2-19-13(21)12(7-10-3-5-11(20)6-4-10)22-14(19)17-18-8-15-16-9-18/h3-9,20H,2H2,1H3. The summed E-state index contributed by atoms with van der Waals surface area (Å²) >= 11 is 1.30. The van der Waals surface area contributed by atoms with E-state index in [9.17, 15) is 9.90 Å². The van der Waals surface area contributed by atoms with E-state index in [1.807, 2.05) is 6.92 Å². The number of thioether (sulfide) groups is 1. The van der Waals surface area contributed by atoms with Gasteiger partial charge in [-0.1, -0.05) is 12.1 Å². The molecule has 1 aliphatic rings. The lowest BCUT2D eigenvalue weighted by atomic mass is 10.2. The monoisotopic (exact) mass is 315 g/mol. The number of rotatable bonds is 3. The maximum absolute atomic E-state index is 12.4. The summed E-state index contributed by atoms with van der Waals surface area (Å²) in [4.78, 5) is 14.6. The highest BCUT2D eigenvalue weighted by molar-refractivity contribution is 8.18. The van der Waals surface area contributed by atoms with Crippen molar-refractivity contribution in [1.29, 1.82) is 0 Å². The van der Waals surface area contributed by atoms with Gasteiger partial charge in [0.15, 0.2) is 5.17 Å². The van der Waals surface area contributed by atoms with Crippen LogP contribution in [0.3, 0.4) is 0 Å². The van der Waals surface area contributed by atoms with E-state index >= 15 is 0 Å². The number of hydrogen-bond acceptors (Lipinski definition) is 6. The maximum atomic E-state index is 12.4. The molecule has 1 aromatic heterocycles. The summed E-state index contributed by atoms with van der Waals surface area (Å²) in [6.45, 7) is 2.42. The first kappa shape index (κ1) is 14.3. The number of phenols is 1. The number of aromatic nitrogens is 3. The minimum absolute atomic E-state index is 0.0904. The Bertz CT molecular complexity index is 737. The summed E-state index contributed by atoms with van der Waals surface area (Å²) in [5.74, 6) is 0.102. The molecule has 1 N–H and O–H groups in total. The van der Waals surface area contributed by atoms with Crippen LogP contribution >= 0.6 is 11.8 Å². The molecule has 0 saturated carbocycles. The highest BCUT2D eigenvalue weighted by atomic mass is 32.2. The van der Waals surface area contributed by atoms with Crippen molar-refractivity contribution in [3.05, 3.63) is 47.4 Å². The predicted octanol–water partition coefficient (Wildman–Crippen LogP) is 1.74. The first-order chi connectivity index (χ1) is 10.7. The Hall–Kier alpha value is -2.61. The lowest BCUT2D eigenvalue weighted by Crippen LogP contribution is -2.29. The third-order valence-corrected chi connectivity index (χ3v) is 4.00. The van der Waals surface area contributed by atoms with Crippen molar-refractivity contribution in [3.63, 3.8) is 0 Å². The van der Waals surface area contributed by atoms with Gasteiger partial charge >= 0.3 is 0 Å². The molecule has 1 fully saturated rings. The average molecular weight is 315 g/mol. The van der Waals surface area contributed by atoms with E-state index < -0.39 is 0 Å². The van der Waals surface area contributed by atoms with E-state index in [1.165, 1.54) is 29.1 Å². The Labute approximate surface area is 131 Å². The number of carbonyl (C=O) groups is 1. The second-order valence-electron chi connectivity index (χ2n) is 4.48.